The Morgan fingerprint density at radius 1 is 1.04 bits per heavy atom. The molecule has 1 saturated carbocycles. The maximum atomic E-state index is 13.2. The van der Waals surface area contributed by atoms with Crippen LogP contribution in [0.4, 0.5) is 4.39 Å². The van der Waals surface area contributed by atoms with Gasteiger partial charge in [-0.05, 0) is 90.2 Å². The summed E-state index contributed by atoms with van der Waals surface area (Å²) in [5, 5.41) is 3.55. The molecule has 4 rings (SSSR count). The zero-order valence-corrected chi connectivity index (χ0v) is 30.2. The van der Waals surface area contributed by atoms with Crippen LogP contribution in [0.1, 0.15) is 117 Å². The van der Waals surface area contributed by atoms with Crippen LogP contribution in [-0.2, 0) is 21.4 Å². The summed E-state index contributed by atoms with van der Waals surface area (Å²) in [5.74, 6) is 1.00. The van der Waals surface area contributed by atoms with Gasteiger partial charge >= 0.3 is 0 Å². The summed E-state index contributed by atoms with van der Waals surface area (Å²) in [6.07, 6.45) is 7.00. The fourth-order valence-corrected chi connectivity index (χ4v) is 7.30. The average Bonchev–Trinajstić information content (AvgIpc) is 3.00. The molecule has 3 heterocycles. The molecule has 2 saturated heterocycles. The zero-order chi connectivity index (χ0) is 34.0. The van der Waals surface area contributed by atoms with Crippen molar-refractivity contribution >= 4 is 11.7 Å². The third-order valence-corrected chi connectivity index (χ3v) is 10.6. The number of nitrogens with one attached hydrogen (secondary N) is 2. The highest BCUT2D eigenvalue weighted by atomic mass is 19.1. The second-order valence-corrected chi connectivity index (χ2v) is 15.1. The number of carbonyl (C=O) groups is 2. The number of H-pyrrole nitrogens is 1. The predicted octanol–water partition coefficient (Wildman–Crippen LogP) is 5.40. The number of alkyl halides is 1. The minimum absolute atomic E-state index is 0.00589. The van der Waals surface area contributed by atoms with Gasteiger partial charge in [-0.3, -0.25) is 24.2 Å². The molecule has 2 aliphatic heterocycles. The van der Waals surface area contributed by atoms with Crippen molar-refractivity contribution < 1.29 is 14.0 Å². The van der Waals surface area contributed by atoms with E-state index < -0.39 is 6.17 Å². The van der Waals surface area contributed by atoms with Crippen LogP contribution in [0.3, 0.4) is 0 Å². The van der Waals surface area contributed by atoms with Gasteiger partial charge in [0, 0.05) is 80.5 Å². The number of pyridine rings is 1. The lowest BCUT2D eigenvalue weighted by atomic mass is 9.82. The van der Waals surface area contributed by atoms with E-state index in [9.17, 15) is 18.8 Å². The van der Waals surface area contributed by atoms with Crippen LogP contribution in [-0.4, -0.2) is 101 Å². The second-order valence-electron chi connectivity index (χ2n) is 15.1. The van der Waals surface area contributed by atoms with Crippen molar-refractivity contribution in [2.45, 2.75) is 143 Å². The van der Waals surface area contributed by atoms with Gasteiger partial charge in [0.1, 0.15) is 12.0 Å². The molecule has 46 heavy (non-hydrogen) atoms. The lowest BCUT2D eigenvalue weighted by Gasteiger charge is -2.45. The van der Waals surface area contributed by atoms with Crippen LogP contribution >= 0.6 is 0 Å². The fraction of sp³-hybridized carbons (Fsp3) is 0.811. The van der Waals surface area contributed by atoms with Gasteiger partial charge in [-0.25, -0.2) is 4.39 Å². The maximum Gasteiger partial charge on any atom is 0.251 e. The Morgan fingerprint density at radius 2 is 1.74 bits per heavy atom. The second kappa shape index (κ2) is 17.9. The van der Waals surface area contributed by atoms with Gasteiger partial charge in [-0.15, -0.1) is 0 Å². The Kier molecular flexibility index (Phi) is 14.9. The molecule has 1 amide bonds. The molecule has 1 aliphatic carbocycles. The van der Waals surface area contributed by atoms with Gasteiger partial charge in [0.15, 0.2) is 0 Å². The predicted molar refractivity (Wildman–Crippen MR) is 186 cm³/mol. The number of aryl methyl sites for hydroxylation is 1. The lowest BCUT2D eigenvalue weighted by Crippen LogP contribution is -2.62. The van der Waals surface area contributed by atoms with E-state index in [2.05, 4.69) is 68.6 Å². The number of amides is 1. The Hall–Kier alpha value is -2.10. The van der Waals surface area contributed by atoms with Gasteiger partial charge in [0.05, 0.1) is 6.54 Å². The van der Waals surface area contributed by atoms with E-state index >= 15 is 0 Å². The fourth-order valence-electron chi connectivity index (χ4n) is 7.30. The first-order chi connectivity index (χ1) is 21.7. The smallest absolute Gasteiger partial charge is 0.251 e. The average molecular weight is 646 g/mol. The monoisotopic (exact) mass is 645 g/mol. The molecular weight excluding hydrogens is 581 g/mol. The maximum absolute atomic E-state index is 13.2. The van der Waals surface area contributed by atoms with Gasteiger partial charge in [0.25, 0.3) is 5.56 Å². The summed E-state index contributed by atoms with van der Waals surface area (Å²) in [6.45, 7) is 22.7. The lowest BCUT2D eigenvalue weighted by molar-refractivity contribution is -0.134. The van der Waals surface area contributed by atoms with E-state index in [4.69, 9.17) is 0 Å². The number of ketones is 1. The van der Waals surface area contributed by atoms with Gasteiger partial charge in [0.2, 0.25) is 5.91 Å². The summed E-state index contributed by atoms with van der Waals surface area (Å²) in [7, 11) is 0. The van der Waals surface area contributed by atoms with Crippen molar-refractivity contribution in [3.05, 3.63) is 33.2 Å². The van der Waals surface area contributed by atoms with E-state index in [1.807, 2.05) is 11.0 Å². The number of piperazine rings is 2. The molecule has 1 unspecified atom stereocenters. The standard InChI is InChI=1S/C19H36N4O2.C18H28FNO/c1-5-6-7-19(25)22-9-8-21(16(3)12-22)14-18-10-20-15(2)11-23(18)13-17(4)24;1-5-18(3,4)16-12(2)10-14(17(21)20-16)11-13-6-8-15(19)9-7-13/h15-16,18,20H,5-14H2,1-4H3;10,13,15H,5-9,11H2,1-4H3,(H,20,21)/t15-,16-,18?;/m1./s1. The third-order valence-electron chi connectivity index (χ3n) is 10.6. The minimum Gasteiger partial charge on any atom is -0.340 e. The number of carbonyl (C=O) groups excluding carboxylic acids is 2. The largest absolute Gasteiger partial charge is 0.340 e. The van der Waals surface area contributed by atoms with Gasteiger partial charge < -0.3 is 15.2 Å². The molecular formula is C37H64FN5O3. The van der Waals surface area contributed by atoms with Crippen LogP contribution in [0.15, 0.2) is 10.9 Å². The number of aromatic amines is 1. The molecule has 2 N–H and O–H groups in total. The van der Waals surface area contributed by atoms with Gasteiger partial charge in [-0.1, -0.05) is 34.1 Å². The molecule has 8 nitrogen and oxygen atoms in total. The SMILES string of the molecule is CCC(C)(C)c1[nH]c(=O)c(CC2CCC(F)CC2)cc1C.CCCCC(=O)N1CCN(CC2CN[C@H](C)CN2CC(C)=O)[C@H](C)C1. The first-order valence-electron chi connectivity index (χ1n) is 18.1. The highest BCUT2D eigenvalue weighted by Crippen LogP contribution is 2.30. The summed E-state index contributed by atoms with van der Waals surface area (Å²) in [6, 6.07) is 3.22. The molecule has 0 spiro atoms. The Bertz CT molecular complexity index is 1180. The highest BCUT2D eigenvalue weighted by molar-refractivity contribution is 5.77. The Balaban J connectivity index is 0.000000254. The minimum atomic E-state index is -0.631. The van der Waals surface area contributed by atoms with Crippen molar-refractivity contribution in [1.82, 2.24) is 25.0 Å². The number of Topliss-reactive ketones (excluding diaryl/α,β-unsaturated/α-hetero) is 1. The van der Waals surface area contributed by atoms with Crippen molar-refractivity contribution in [2.75, 3.05) is 45.8 Å². The quantitative estimate of drug-likeness (QED) is 0.335. The van der Waals surface area contributed by atoms with Crippen LogP contribution in [0.2, 0.25) is 0 Å². The van der Waals surface area contributed by atoms with E-state index in [1.165, 1.54) is 0 Å². The van der Waals surface area contributed by atoms with Crippen molar-refractivity contribution in [3.63, 3.8) is 0 Å². The molecule has 3 aliphatic rings. The van der Waals surface area contributed by atoms with E-state index in [0.717, 1.165) is 94.6 Å². The topological polar surface area (TPSA) is 88.8 Å². The zero-order valence-electron chi connectivity index (χ0n) is 30.2. The summed E-state index contributed by atoms with van der Waals surface area (Å²) < 4.78 is 13.2. The van der Waals surface area contributed by atoms with Crippen LogP contribution in [0.25, 0.3) is 0 Å². The van der Waals surface area contributed by atoms with Crippen molar-refractivity contribution in [1.29, 1.82) is 0 Å². The van der Waals surface area contributed by atoms with E-state index in [0.29, 0.717) is 55.8 Å². The Morgan fingerprint density at radius 3 is 2.35 bits per heavy atom. The molecule has 0 aromatic carbocycles. The summed E-state index contributed by atoms with van der Waals surface area (Å²) in [4.78, 5) is 46.2. The number of halogens is 1. The molecule has 0 radical (unpaired) electrons. The third kappa shape index (κ3) is 11.3. The van der Waals surface area contributed by atoms with Crippen LogP contribution in [0, 0.1) is 12.8 Å². The van der Waals surface area contributed by atoms with Gasteiger partial charge in [-0.2, -0.15) is 0 Å². The normalized spacial score (nSPS) is 26.4. The van der Waals surface area contributed by atoms with Crippen molar-refractivity contribution in [3.8, 4) is 0 Å². The van der Waals surface area contributed by atoms with Crippen molar-refractivity contribution in [2.24, 2.45) is 5.92 Å². The highest BCUT2D eigenvalue weighted by Gasteiger charge is 2.32. The van der Waals surface area contributed by atoms with Crippen LogP contribution in [0.5, 0.6) is 0 Å². The van der Waals surface area contributed by atoms with E-state index in [1.54, 1.807) is 6.92 Å². The molecule has 262 valence electrons. The first-order valence-corrected chi connectivity index (χ1v) is 18.1. The number of unbranched alkanes of at least 4 members (excludes halogenated alkanes) is 1. The molecule has 3 atom stereocenters. The molecule has 1 aromatic rings. The number of aromatic nitrogens is 1. The molecule has 1 aromatic heterocycles. The van der Waals surface area contributed by atoms with Crippen LogP contribution < -0.4 is 10.9 Å². The molecule has 9 heteroatoms. The van der Waals surface area contributed by atoms with E-state index in [-0.39, 0.29) is 16.8 Å². The molecule has 0 bridgehead atoms. The number of hydrogen-bond acceptors (Lipinski definition) is 6. The molecule has 3 fully saturated rings. The summed E-state index contributed by atoms with van der Waals surface area (Å²) >= 11 is 0. The number of nitrogens with zero attached hydrogens (tertiary/aromatic N) is 3. The Labute approximate surface area is 278 Å². The number of hydrogen-bond donors (Lipinski definition) is 2. The summed E-state index contributed by atoms with van der Waals surface area (Å²) in [5.41, 5.74) is 3.11. The number of rotatable bonds is 11. The first kappa shape index (κ1) is 38.3.